The highest BCUT2D eigenvalue weighted by Crippen LogP contribution is 2.28. The van der Waals surface area contributed by atoms with Gasteiger partial charge < -0.3 is 29.3 Å². The highest BCUT2D eigenvalue weighted by Gasteiger charge is 2.34. The van der Waals surface area contributed by atoms with E-state index in [1.54, 1.807) is 23.2 Å². The minimum atomic E-state index is -0.518. The van der Waals surface area contributed by atoms with Crippen LogP contribution in [-0.4, -0.2) is 96.6 Å². The molecule has 0 bridgehead atoms. The number of hydrogen-bond acceptors (Lipinski definition) is 10. The summed E-state index contributed by atoms with van der Waals surface area (Å²) in [7, 11) is 0. The van der Waals surface area contributed by atoms with Gasteiger partial charge in [0.05, 0.1) is 37.1 Å². The molecule has 0 spiro atoms. The van der Waals surface area contributed by atoms with E-state index in [0.717, 1.165) is 50.6 Å². The van der Waals surface area contributed by atoms with Gasteiger partial charge in [-0.1, -0.05) is 0 Å². The molecule has 230 valence electrons. The maximum Gasteiger partial charge on any atom is 0.410 e. The Kier molecular flexibility index (Phi) is 8.55. The van der Waals surface area contributed by atoms with E-state index in [9.17, 15) is 10.1 Å². The van der Waals surface area contributed by atoms with Crippen LogP contribution in [0.4, 0.5) is 22.1 Å². The minimum Gasteiger partial charge on any atom is -0.492 e. The highest BCUT2D eigenvalue weighted by molar-refractivity contribution is 5.69. The molecular weight excluding hydrogens is 558 g/mol. The Morgan fingerprint density at radius 2 is 1.82 bits per heavy atom. The van der Waals surface area contributed by atoms with E-state index in [1.165, 1.54) is 5.69 Å². The van der Waals surface area contributed by atoms with Crippen LogP contribution in [0.25, 0.3) is 11.3 Å². The van der Waals surface area contributed by atoms with Gasteiger partial charge in [0, 0.05) is 68.3 Å². The Bertz CT molecular complexity index is 1500. The molecule has 1 aromatic heterocycles. The predicted molar refractivity (Wildman–Crippen MR) is 167 cm³/mol. The molecule has 0 saturated carbocycles. The number of likely N-dealkylation sites (tertiary alicyclic amines) is 1. The number of rotatable bonds is 8. The van der Waals surface area contributed by atoms with Gasteiger partial charge >= 0.3 is 6.09 Å². The fraction of sp³-hybridized carbons (Fsp3) is 0.455. The highest BCUT2D eigenvalue weighted by atomic mass is 16.6. The molecule has 2 aromatic carbocycles. The molecule has 3 saturated heterocycles. The van der Waals surface area contributed by atoms with Crippen LogP contribution in [0.15, 0.2) is 54.7 Å². The summed E-state index contributed by atoms with van der Waals surface area (Å²) < 4.78 is 16.7. The lowest BCUT2D eigenvalue weighted by Gasteiger charge is -2.43. The van der Waals surface area contributed by atoms with Crippen molar-refractivity contribution in [1.29, 1.82) is 5.26 Å². The predicted octanol–water partition coefficient (Wildman–Crippen LogP) is 4.53. The van der Waals surface area contributed by atoms with E-state index in [1.807, 2.05) is 45.0 Å². The van der Waals surface area contributed by atoms with Gasteiger partial charge in [0.1, 0.15) is 17.4 Å². The fourth-order valence-corrected chi connectivity index (χ4v) is 5.50. The van der Waals surface area contributed by atoms with Crippen molar-refractivity contribution in [3.05, 3.63) is 60.3 Å². The molecule has 0 unspecified atom stereocenters. The largest absolute Gasteiger partial charge is 0.492 e. The maximum atomic E-state index is 12.2. The van der Waals surface area contributed by atoms with Gasteiger partial charge in [-0.2, -0.15) is 5.26 Å². The number of nitrogens with zero attached hydrogens (tertiary/aromatic N) is 6. The number of hydrogen-bond donors (Lipinski definition) is 1. The number of aromatic nitrogens is 2. The number of benzene rings is 2. The van der Waals surface area contributed by atoms with Gasteiger partial charge in [-0.25, -0.2) is 14.8 Å². The van der Waals surface area contributed by atoms with Crippen LogP contribution >= 0.6 is 0 Å². The SMILES string of the molecule is CC(C)(C)OC(=O)N1CC(COc2ccc(-c3ccnc(Nc4ccc(N5CCN(C6COC6)CC5)cc4)n3)cc2C#N)C1. The lowest BCUT2D eigenvalue weighted by Crippen LogP contribution is -2.56. The summed E-state index contributed by atoms with van der Waals surface area (Å²) in [6, 6.07) is 18.5. The third-order valence-electron chi connectivity index (χ3n) is 8.07. The van der Waals surface area contributed by atoms with Crippen LogP contribution in [0.5, 0.6) is 5.75 Å². The molecule has 0 aliphatic carbocycles. The first-order valence-electron chi connectivity index (χ1n) is 15.2. The summed E-state index contributed by atoms with van der Waals surface area (Å²) in [4.78, 5) is 27.9. The number of ether oxygens (including phenoxy) is 3. The molecule has 11 nitrogen and oxygen atoms in total. The number of amides is 1. The van der Waals surface area contributed by atoms with E-state index >= 15 is 0 Å². The third kappa shape index (κ3) is 7.04. The van der Waals surface area contributed by atoms with Crippen molar-refractivity contribution in [1.82, 2.24) is 19.8 Å². The quantitative estimate of drug-likeness (QED) is 0.397. The molecule has 44 heavy (non-hydrogen) atoms. The molecular formula is C33H39N7O4. The molecule has 4 heterocycles. The Morgan fingerprint density at radius 1 is 1.07 bits per heavy atom. The van der Waals surface area contributed by atoms with Crippen LogP contribution < -0.4 is 15.0 Å². The van der Waals surface area contributed by atoms with Crippen molar-refractivity contribution in [2.75, 3.05) is 69.3 Å². The Balaban J connectivity index is 1.02. The van der Waals surface area contributed by atoms with Gasteiger partial charge in [-0.3, -0.25) is 4.90 Å². The summed E-state index contributed by atoms with van der Waals surface area (Å²) in [6.07, 6.45) is 1.39. The van der Waals surface area contributed by atoms with Crippen molar-refractivity contribution >= 4 is 23.4 Å². The number of nitrogens with one attached hydrogen (secondary N) is 1. The molecule has 3 aliphatic rings. The lowest BCUT2D eigenvalue weighted by atomic mass is 10.0. The van der Waals surface area contributed by atoms with Gasteiger partial charge in [-0.15, -0.1) is 0 Å². The first kappa shape index (κ1) is 29.7. The summed E-state index contributed by atoms with van der Waals surface area (Å²) in [5, 5.41) is 13.1. The Morgan fingerprint density at radius 3 is 2.48 bits per heavy atom. The van der Waals surface area contributed by atoms with Crippen LogP contribution in [0, 0.1) is 17.2 Å². The van der Waals surface area contributed by atoms with Crippen molar-refractivity contribution in [3.63, 3.8) is 0 Å². The zero-order chi connectivity index (χ0) is 30.7. The van der Waals surface area contributed by atoms with Gasteiger partial charge in [0.2, 0.25) is 5.95 Å². The van der Waals surface area contributed by atoms with Gasteiger partial charge in [0.15, 0.2) is 0 Å². The van der Waals surface area contributed by atoms with E-state index in [4.69, 9.17) is 19.2 Å². The number of carbonyl (C=O) groups excluding carboxylic acids is 1. The Labute approximate surface area is 258 Å². The number of carbonyl (C=O) groups is 1. The van der Waals surface area contributed by atoms with Crippen LogP contribution in [-0.2, 0) is 9.47 Å². The number of anilines is 3. The smallest absolute Gasteiger partial charge is 0.410 e. The molecule has 0 atom stereocenters. The fourth-order valence-electron chi connectivity index (χ4n) is 5.50. The molecule has 3 aliphatic heterocycles. The summed E-state index contributed by atoms with van der Waals surface area (Å²) in [5.41, 5.74) is 3.51. The topological polar surface area (TPSA) is 116 Å². The van der Waals surface area contributed by atoms with Crippen molar-refractivity contribution in [2.45, 2.75) is 32.4 Å². The summed E-state index contributed by atoms with van der Waals surface area (Å²) in [5.74, 6) is 1.18. The van der Waals surface area contributed by atoms with Crippen LogP contribution in [0.3, 0.4) is 0 Å². The average molecular weight is 598 g/mol. The first-order chi connectivity index (χ1) is 21.2. The van der Waals surface area contributed by atoms with Gasteiger partial charge in [0.25, 0.3) is 0 Å². The maximum absolute atomic E-state index is 12.2. The molecule has 3 aromatic rings. The third-order valence-corrected chi connectivity index (χ3v) is 8.07. The second-order valence-corrected chi connectivity index (χ2v) is 12.5. The second kappa shape index (κ2) is 12.7. The molecule has 3 fully saturated rings. The average Bonchev–Trinajstić information content (AvgIpc) is 2.95. The number of nitriles is 1. The normalized spacial score (nSPS) is 17.8. The minimum absolute atomic E-state index is 0.191. The van der Waals surface area contributed by atoms with E-state index < -0.39 is 5.60 Å². The molecule has 1 amide bonds. The van der Waals surface area contributed by atoms with Crippen LogP contribution in [0.2, 0.25) is 0 Å². The zero-order valence-corrected chi connectivity index (χ0v) is 25.5. The summed E-state index contributed by atoms with van der Waals surface area (Å²) >= 11 is 0. The van der Waals surface area contributed by atoms with Crippen molar-refractivity contribution < 1.29 is 19.0 Å². The lowest BCUT2D eigenvalue weighted by molar-refractivity contribution is -0.0660. The molecule has 11 heteroatoms. The first-order valence-corrected chi connectivity index (χ1v) is 15.2. The number of piperazine rings is 1. The second-order valence-electron chi connectivity index (χ2n) is 12.5. The van der Waals surface area contributed by atoms with Crippen molar-refractivity contribution in [2.24, 2.45) is 5.92 Å². The van der Waals surface area contributed by atoms with E-state index in [0.29, 0.717) is 48.7 Å². The Hall–Kier alpha value is -4.40. The van der Waals surface area contributed by atoms with Gasteiger partial charge in [-0.05, 0) is 69.3 Å². The van der Waals surface area contributed by atoms with E-state index in [2.05, 4.69) is 38.3 Å². The zero-order valence-electron chi connectivity index (χ0n) is 25.5. The van der Waals surface area contributed by atoms with Crippen LogP contribution in [0.1, 0.15) is 26.3 Å². The molecule has 6 rings (SSSR count). The molecule has 1 N–H and O–H groups in total. The standard InChI is InChI=1S/C33H39N7O4/c1-33(2,3)44-32(41)40-18-23(19-40)20-43-30-9-4-24(16-25(30)17-34)29-10-11-35-31(37-29)36-26-5-7-27(8-6-26)38-12-14-39(15-13-38)28-21-42-22-28/h4-11,16,23,28H,12-15,18-22H2,1-3H3,(H,35,36,37). The van der Waals surface area contributed by atoms with E-state index in [-0.39, 0.29) is 12.0 Å². The summed E-state index contributed by atoms with van der Waals surface area (Å²) in [6.45, 7) is 13.0. The monoisotopic (exact) mass is 597 g/mol. The van der Waals surface area contributed by atoms with Crippen molar-refractivity contribution in [3.8, 4) is 23.1 Å². The molecule has 0 radical (unpaired) electrons.